The number of aliphatic hydroxyl groups is 4. The number of carbonyl (C=O) groups excluding carboxylic acids is 1. The summed E-state index contributed by atoms with van der Waals surface area (Å²) in [6.07, 6.45) is -4.92. The van der Waals surface area contributed by atoms with Gasteiger partial charge in [-0.2, -0.15) is 0 Å². The largest absolute Gasteiger partial charge is 0.494 e. The number of carbonyl (C=O) groups is 1. The molecule has 0 unspecified atom stereocenters. The number of methoxy groups -OCH3 is 1. The summed E-state index contributed by atoms with van der Waals surface area (Å²) in [5.41, 5.74) is -0.166. The fourth-order valence-electron chi connectivity index (χ4n) is 2.18. The van der Waals surface area contributed by atoms with Gasteiger partial charge in [-0.25, -0.2) is 4.79 Å². The lowest BCUT2D eigenvalue weighted by Gasteiger charge is -2.40. The Balaban J connectivity index is 2.15. The molecule has 1 aliphatic heterocycles. The first-order chi connectivity index (χ1) is 11.2. The van der Waals surface area contributed by atoms with Crippen LogP contribution in [0.2, 0.25) is 10.0 Å². The predicted octanol–water partition coefficient (Wildman–Crippen LogP) is -0.0397. The Kier molecular flexibility index (Phi) is 5.92. The van der Waals surface area contributed by atoms with Crippen LogP contribution < -0.4 is 4.74 Å². The zero-order valence-electron chi connectivity index (χ0n) is 12.5. The number of ether oxygens (including phenoxy) is 3. The van der Waals surface area contributed by atoms with Gasteiger partial charge in [0.2, 0.25) is 5.79 Å². The molecule has 0 amide bonds. The van der Waals surface area contributed by atoms with Gasteiger partial charge in [0.25, 0.3) is 0 Å². The molecule has 134 valence electrons. The smallest absolute Gasteiger partial charge is 0.343 e. The Morgan fingerprint density at radius 1 is 1.33 bits per heavy atom. The van der Waals surface area contributed by atoms with Gasteiger partial charge in [0.05, 0.1) is 23.8 Å². The van der Waals surface area contributed by atoms with E-state index in [9.17, 15) is 25.2 Å². The molecule has 0 saturated carbocycles. The fourth-order valence-corrected chi connectivity index (χ4v) is 2.64. The molecule has 1 saturated heterocycles. The second kappa shape index (κ2) is 7.40. The van der Waals surface area contributed by atoms with Crippen molar-refractivity contribution in [3.63, 3.8) is 0 Å². The third kappa shape index (κ3) is 3.60. The standard InChI is InChI=1S/C14H16Cl2O8/c1-22-11-7(16)3-2-6(15)9(11)13(20)23-5-14(21)12(19)10(18)8(17)4-24-14/h2-3,8,10,12,17-19,21H,4-5H2,1H3/t8-,10-,12+,14+/m1/s1. The van der Waals surface area contributed by atoms with Crippen LogP contribution in [0.25, 0.3) is 0 Å². The third-order valence-electron chi connectivity index (χ3n) is 3.56. The number of rotatable bonds is 4. The molecule has 8 nitrogen and oxygen atoms in total. The van der Waals surface area contributed by atoms with E-state index in [2.05, 4.69) is 0 Å². The summed E-state index contributed by atoms with van der Waals surface area (Å²) in [4.78, 5) is 12.2. The summed E-state index contributed by atoms with van der Waals surface area (Å²) in [6, 6.07) is 2.79. The monoisotopic (exact) mass is 382 g/mol. The lowest BCUT2D eigenvalue weighted by molar-refractivity contribution is -0.330. The van der Waals surface area contributed by atoms with Crippen molar-refractivity contribution in [2.45, 2.75) is 24.1 Å². The Morgan fingerprint density at radius 3 is 2.58 bits per heavy atom. The second-order valence-corrected chi connectivity index (χ2v) is 5.99. The molecule has 1 heterocycles. The minimum Gasteiger partial charge on any atom is -0.494 e. The Hall–Kier alpha value is -1.13. The predicted molar refractivity (Wildman–Crippen MR) is 82.2 cm³/mol. The highest BCUT2D eigenvalue weighted by Crippen LogP contribution is 2.34. The summed E-state index contributed by atoms with van der Waals surface area (Å²) in [5, 5.41) is 39.1. The van der Waals surface area contributed by atoms with Crippen LogP contribution in [0.4, 0.5) is 0 Å². The summed E-state index contributed by atoms with van der Waals surface area (Å²) in [5.74, 6) is -3.38. The summed E-state index contributed by atoms with van der Waals surface area (Å²) >= 11 is 11.9. The molecule has 24 heavy (non-hydrogen) atoms. The van der Waals surface area contributed by atoms with Gasteiger partial charge >= 0.3 is 5.97 Å². The summed E-state index contributed by atoms with van der Waals surface area (Å²) in [6.45, 7) is -1.27. The normalized spacial score (nSPS) is 30.0. The second-order valence-electron chi connectivity index (χ2n) is 5.17. The summed E-state index contributed by atoms with van der Waals surface area (Å²) in [7, 11) is 1.29. The van der Waals surface area contributed by atoms with E-state index in [1.165, 1.54) is 19.2 Å². The molecule has 4 N–H and O–H groups in total. The minimum atomic E-state index is -2.38. The van der Waals surface area contributed by atoms with Crippen LogP contribution in [-0.2, 0) is 9.47 Å². The highest BCUT2D eigenvalue weighted by atomic mass is 35.5. The van der Waals surface area contributed by atoms with E-state index < -0.39 is 43.3 Å². The van der Waals surface area contributed by atoms with E-state index in [0.717, 1.165) is 0 Å². The van der Waals surface area contributed by atoms with Crippen molar-refractivity contribution in [3.05, 3.63) is 27.7 Å². The first-order valence-corrected chi connectivity index (χ1v) is 7.56. The summed E-state index contributed by atoms with van der Waals surface area (Å²) < 4.78 is 14.8. The maximum Gasteiger partial charge on any atom is 0.343 e. The van der Waals surface area contributed by atoms with Crippen molar-refractivity contribution < 1.29 is 39.4 Å². The van der Waals surface area contributed by atoms with Gasteiger partial charge in [0.15, 0.2) is 5.75 Å². The van der Waals surface area contributed by atoms with Crippen LogP contribution in [0, 0.1) is 0 Å². The van der Waals surface area contributed by atoms with Crippen molar-refractivity contribution in [2.24, 2.45) is 0 Å². The number of esters is 1. The van der Waals surface area contributed by atoms with Gasteiger partial charge in [-0.15, -0.1) is 0 Å². The zero-order chi connectivity index (χ0) is 18.1. The highest BCUT2D eigenvalue weighted by Gasteiger charge is 2.49. The molecule has 1 fully saturated rings. The third-order valence-corrected chi connectivity index (χ3v) is 4.17. The van der Waals surface area contributed by atoms with Crippen molar-refractivity contribution in [1.29, 1.82) is 0 Å². The van der Waals surface area contributed by atoms with Crippen molar-refractivity contribution in [2.75, 3.05) is 20.3 Å². The zero-order valence-corrected chi connectivity index (χ0v) is 14.0. The molecule has 0 aromatic heterocycles. The molecule has 0 aliphatic carbocycles. The van der Waals surface area contributed by atoms with Gasteiger partial charge in [-0.1, -0.05) is 23.2 Å². The number of benzene rings is 1. The van der Waals surface area contributed by atoms with Crippen LogP contribution in [0.5, 0.6) is 5.75 Å². The van der Waals surface area contributed by atoms with Crippen LogP contribution in [0.1, 0.15) is 10.4 Å². The molecule has 1 aromatic carbocycles. The topological polar surface area (TPSA) is 126 Å². The van der Waals surface area contributed by atoms with Gasteiger partial charge < -0.3 is 34.6 Å². The van der Waals surface area contributed by atoms with E-state index >= 15 is 0 Å². The molecule has 10 heteroatoms. The Morgan fingerprint density at radius 2 is 1.96 bits per heavy atom. The Bertz CT molecular complexity index is 625. The van der Waals surface area contributed by atoms with E-state index in [4.69, 9.17) is 37.4 Å². The molecule has 4 atom stereocenters. The van der Waals surface area contributed by atoms with Crippen LogP contribution >= 0.6 is 23.2 Å². The maximum atomic E-state index is 12.2. The highest BCUT2D eigenvalue weighted by molar-refractivity contribution is 6.37. The number of hydrogen-bond acceptors (Lipinski definition) is 8. The average molecular weight is 383 g/mol. The van der Waals surface area contributed by atoms with Crippen molar-refractivity contribution in [1.82, 2.24) is 0 Å². The number of aliphatic hydroxyl groups excluding tert-OH is 3. The molecule has 1 aliphatic rings. The molecule has 0 radical (unpaired) electrons. The Labute approximate surface area is 147 Å². The van der Waals surface area contributed by atoms with Gasteiger partial charge in [-0.3, -0.25) is 0 Å². The van der Waals surface area contributed by atoms with E-state index in [1.807, 2.05) is 0 Å². The fraction of sp³-hybridized carbons (Fsp3) is 0.500. The van der Waals surface area contributed by atoms with Crippen LogP contribution in [-0.4, -0.2) is 70.8 Å². The molecule has 0 bridgehead atoms. The van der Waals surface area contributed by atoms with E-state index in [-0.39, 0.29) is 21.4 Å². The first kappa shape index (κ1) is 19.2. The lowest BCUT2D eigenvalue weighted by Crippen LogP contribution is -2.63. The molecule has 1 aromatic rings. The first-order valence-electron chi connectivity index (χ1n) is 6.81. The van der Waals surface area contributed by atoms with Crippen molar-refractivity contribution >= 4 is 29.2 Å². The van der Waals surface area contributed by atoms with Crippen molar-refractivity contribution in [3.8, 4) is 5.75 Å². The average Bonchev–Trinajstić information content (AvgIpc) is 2.56. The molecular weight excluding hydrogens is 367 g/mol. The quantitative estimate of drug-likeness (QED) is 0.534. The molecule has 0 spiro atoms. The molecule has 2 rings (SSSR count). The minimum absolute atomic E-state index is 0.00816. The van der Waals surface area contributed by atoms with Crippen LogP contribution in [0.3, 0.4) is 0 Å². The lowest BCUT2D eigenvalue weighted by atomic mass is 9.97. The maximum absolute atomic E-state index is 12.2. The van der Waals surface area contributed by atoms with Gasteiger partial charge in [0.1, 0.15) is 30.5 Å². The van der Waals surface area contributed by atoms with Gasteiger partial charge in [-0.05, 0) is 12.1 Å². The van der Waals surface area contributed by atoms with Gasteiger partial charge in [0, 0.05) is 0 Å². The molecular formula is C14H16Cl2O8. The van der Waals surface area contributed by atoms with Crippen LogP contribution in [0.15, 0.2) is 12.1 Å². The van der Waals surface area contributed by atoms with E-state index in [1.54, 1.807) is 0 Å². The number of hydrogen-bond donors (Lipinski definition) is 4. The SMILES string of the molecule is COc1c(Cl)ccc(Cl)c1C(=O)OC[C@]1(O)OC[C@@H](O)[C@@H](O)[C@@H]1O. The van der Waals surface area contributed by atoms with E-state index in [0.29, 0.717) is 0 Å². The number of halogens is 2.